The Morgan fingerprint density at radius 2 is 2.21 bits per heavy atom. The number of rotatable bonds is 6. The first-order valence-corrected chi connectivity index (χ1v) is 6.75. The molecule has 1 aliphatic heterocycles. The Morgan fingerprint density at radius 1 is 1.50 bits per heavy atom. The summed E-state index contributed by atoms with van der Waals surface area (Å²) >= 11 is 0. The number of nitrogens with zero attached hydrogens (tertiary/aromatic N) is 2. The van der Waals surface area contributed by atoms with Crippen molar-refractivity contribution < 1.29 is 8.85 Å². The molecule has 1 atom stereocenters. The second-order valence-electron chi connectivity index (χ2n) is 3.46. The Kier molecular flexibility index (Phi) is 5.14. The van der Waals surface area contributed by atoms with Gasteiger partial charge in [-0.3, -0.25) is 4.99 Å². The second kappa shape index (κ2) is 6.16. The highest BCUT2D eigenvalue weighted by Crippen LogP contribution is 2.12. The Labute approximate surface area is 87.8 Å². The third-order valence-electron chi connectivity index (χ3n) is 2.51. The van der Waals surface area contributed by atoms with Crippen LogP contribution >= 0.6 is 0 Å². The Morgan fingerprint density at radius 3 is 2.64 bits per heavy atom. The summed E-state index contributed by atoms with van der Waals surface area (Å²) in [5.74, 6) is 0. The molecule has 0 aromatic rings. The molecule has 0 radical (unpaired) electrons. The van der Waals surface area contributed by atoms with Crippen LogP contribution in [0.5, 0.6) is 0 Å². The summed E-state index contributed by atoms with van der Waals surface area (Å²) in [5.41, 5.74) is 0.432. The zero-order chi connectivity index (χ0) is 10.4. The Bertz CT molecular complexity index is 186. The zero-order valence-electron chi connectivity index (χ0n) is 9.27. The van der Waals surface area contributed by atoms with Crippen LogP contribution in [0.1, 0.15) is 19.8 Å². The smallest absolute Gasteiger partial charge is 0.344 e. The maximum absolute atomic E-state index is 5.44. The highest BCUT2D eigenvalue weighted by molar-refractivity contribution is 6.46. The molecule has 0 aromatic carbocycles. The second-order valence-corrected chi connectivity index (χ2v) is 5.90. The average molecular weight is 216 g/mol. The first-order valence-electron chi connectivity index (χ1n) is 5.14. The minimum Gasteiger partial charge on any atom is -0.399 e. The van der Waals surface area contributed by atoms with Crippen molar-refractivity contribution in [1.82, 2.24) is 4.90 Å². The van der Waals surface area contributed by atoms with Gasteiger partial charge in [0.05, 0.1) is 18.5 Å². The molecule has 14 heavy (non-hydrogen) atoms. The quantitative estimate of drug-likeness (QED) is 0.608. The van der Waals surface area contributed by atoms with Gasteiger partial charge in [-0.05, 0) is 6.42 Å². The molecule has 1 unspecified atom stereocenters. The van der Waals surface area contributed by atoms with Gasteiger partial charge in [-0.2, -0.15) is 0 Å². The van der Waals surface area contributed by atoms with E-state index in [1.165, 1.54) is 0 Å². The van der Waals surface area contributed by atoms with E-state index in [0.717, 1.165) is 25.9 Å². The van der Waals surface area contributed by atoms with Crippen LogP contribution in [0.15, 0.2) is 4.99 Å². The largest absolute Gasteiger partial charge is 0.399 e. The highest BCUT2D eigenvalue weighted by atomic mass is 28.3. The van der Waals surface area contributed by atoms with Crippen LogP contribution in [-0.2, 0) is 8.85 Å². The van der Waals surface area contributed by atoms with Crippen molar-refractivity contribution in [3.8, 4) is 0 Å². The SMILES string of the molecule is CCCC(N1C=NCC1)[SiH](OC)OC. The highest BCUT2D eigenvalue weighted by Gasteiger charge is 2.29. The van der Waals surface area contributed by atoms with Crippen molar-refractivity contribution >= 4 is 15.6 Å². The first-order chi connectivity index (χ1) is 6.83. The van der Waals surface area contributed by atoms with Gasteiger partial charge in [0.2, 0.25) is 0 Å². The number of hydrogen-bond acceptors (Lipinski definition) is 4. The van der Waals surface area contributed by atoms with Gasteiger partial charge < -0.3 is 13.8 Å². The molecule has 0 N–H and O–H groups in total. The third kappa shape index (κ3) is 2.80. The lowest BCUT2D eigenvalue weighted by Crippen LogP contribution is -2.47. The summed E-state index contributed by atoms with van der Waals surface area (Å²) in [4.78, 5) is 6.50. The van der Waals surface area contributed by atoms with Crippen molar-refractivity contribution in [2.24, 2.45) is 4.99 Å². The van der Waals surface area contributed by atoms with Crippen LogP contribution in [0.4, 0.5) is 0 Å². The molecule has 0 aromatic heterocycles. The molecular weight excluding hydrogens is 196 g/mol. The van der Waals surface area contributed by atoms with E-state index in [1.807, 2.05) is 6.34 Å². The maximum Gasteiger partial charge on any atom is 0.344 e. The standard InChI is InChI=1S/C9H20N2O2Si/c1-4-5-9(14(12-2)13-3)11-7-6-10-8-11/h8-9,14H,4-7H2,1-3H3. The summed E-state index contributed by atoms with van der Waals surface area (Å²) in [6.45, 7) is 4.12. The van der Waals surface area contributed by atoms with Crippen LogP contribution in [0, 0.1) is 0 Å². The fraction of sp³-hybridized carbons (Fsp3) is 0.889. The van der Waals surface area contributed by atoms with Gasteiger partial charge in [-0.1, -0.05) is 13.3 Å². The Hall–Kier alpha value is -0.393. The summed E-state index contributed by atoms with van der Waals surface area (Å²) in [5, 5.41) is 0. The summed E-state index contributed by atoms with van der Waals surface area (Å²) in [6.07, 6.45) is 4.23. The molecule has 0 bridgehead atoms. The molecule has 0 saturated heterocycles. The van der Waals surface area contributed by atoms with E-state index < -0.39 is 9.28 Å². The number of hydrogen-bond donors (Lipinski definition) is 0. The molecule has 1 rings (SSSR count). The van der Waals surface area contributed by atoms with Gasteiger partial charge in [-0.15, -0.1) is 0 Å². The van der Waals surface area contributed by atoms with Crippen LogP contribution in [0.3, 0.4) is 0 Å². The van der Waals surface area contributed by atoms with Gasteiger partial charge >= 0.3 is 9.28 Å². The first kappa shape index (κ1) is 11.7. The summed E-state index contributed by atoms with van der Waals surface area (Å²) in [7, 11) is 1.95. The average Bonchev–Trinajstić information content (AvgIpc) is 2.71. The van der Waals surface area contributed by atoms with E-state index in [2.05, 4.69) is 16.8 Å². The van der Waals surface area contributed by atoms with Crippen molar-refractivity contribution in [3.05, 3.63) is 0 Å². The van der Waals surface area contributed by atoms with E-state index in [0.29, 0.717) is 5.67 Å². The molecule has 5 heteroatoms. The summed E-state index contributed by atoms with van der Waals surface area (Å²) < 4.78 is 10.9. The molecular formula is C9H20N2O2Si. The Balaban J connectivity index is 2.56. The fourth-order valence-electron chi connectivity index (χ4n) is 1.81. The van der Waals surface area contributed by atoms with Gasteiger partial charge in [0, 0.05) is 20.8 Å². The lowest BCUT2D eigenvalue weighted by atomic mass is 10.3. The molecule has 1 aliphatic rings. The van der Waals surface area contributed by atoms with Crippen LogP contribution < -0.4 is 0 Å². The molecule has 0 saturated carbocycles. The molecule has 4 nitrogen and oxygen atoms in total. The fourth-order valence-corrected chi connectivity index (χ4v) is 3.77. The van der Waals surface area contributed by atoms with Gasteiger partial charge in [-0.25, -0.2) is 0 Å². The lowest BCUT2D eigenvalue weighted by molar-refractivity contribution is 0.230. The van der Waals surface area contributed by atoms with E-state index in [9.17, 15) is 0 Å². The maximum atomic E-state index is 5.44. The van der Waals surface area contributed by atoms with E-state index >= 15 is 0 Å². The minimum atomic E-state index is -1.54. The van der Waals surface area contributed by atoms with Crippen molar-refractivity contribution in [1.29, 1.82) is 0 Å². The van der Waals surface area contributed by atoms with Gasteiger partial charge in [0.25, 0.3) is 0 Å². The molecule has 0 aliphatic carbocycles. The van der Waals surface area contributed by atoms with Crippen LogP contribution in [-0.4, -0.2) is 53.5 Å². The van der Waals surface area contributed by atoms with E-state index in [1.54, 1.807) is 14.2 Å². The van der Waals surface area contributed by atoms with E-state index in [-0.39, 0.29) is 0 Å². The topological polar surface area (TPSA) is 34.1 Å². The van der Waals surface area contributed by atoms with Crippen molar-refractivity contribution in [3.63, 3.8) is 0 Å². The molecule has 0 fully saturated rings. The normalized spacial score (nSPS) is 18.1. The molecule has 0 amide bonds. The summed E-state index contributed by atoms with van der Waals surface area (Å²) in [6, 6.07) is 0. The van der Waals surface area contributed by atoms with Gasteiger partial charge in [0.1, 0.15) is 0 Å². The predicted molar refractivity (Wildman–Crippen MR) is 59.9 cm³/mol. The minimum absolute atomic E-state index is 0.432. The van der Waals surface area contributed by atoms with Gasteiger partial charge in [0.15, 0.2) is 0 Å². The van der Waals surface area contributed by atoms with Crippen molar-refractivity contribution in [2.45, 2.75) is 25.4 Å². The molecule has 82 valence electrons. The zero-order valence-corrected chi connectivity index (χ0v) is 10.4. The van der Waals surface area contributed by atoms with Crippen LogP contribution in [0.25, 0.3) is 0 Å². The van der Waals surface area contributed by atoms with E-state index in [4.69, 9.17) is 8.85 Å². The van der Waals surface area contributed by atoms with Crippen molar-refractivity contribution in [2.75, 3.05) is 27.3 Å². The lowest BCUT2D eigenvalue weighted by Gasteiger charge is -2.30. The molecule has 1 heterocycles. The monoisotopic (exact) mass is 216 g/mol. The number of aliphatic imine (C=N–C) groups is 1. The third-order valence-corrected chi connectivity index (χ3v) is 4.78. The molecule has 0 spiro atoms. The predicted octanol–water partition coefficient (Wildman–Crippen LogP) is 0.551. The van der Waals surface area contributed by atoms with Crippen LogP contribution in [0.2, 0.25) is 0 Å².